The number of carbonyl (C=O) groups excluding carboxylic acids is 1. The van der Waals surface area contributed by atoms with E-state index in [2.05, 4.69) is 15.4 Å². The van der Waals surface area contributed by atoms with Crippen molar-refractivity contribution in [1.29, 1.82) is 0 Å². The molecule has 2 heterocycles. The first-order valence-corrected chi connectivity index (χ1v) is 5.09. The summed E-state index contributed by atoms with van der Waals surface area (Å²) in [6, 6.07) is 3.50. The molecule has 2 aromatic heterocycles. The van der Waals surface area contributed by atoms with Gasteiger partial charge in [0.05, 0.1) is 11.9 Å². The zero-order valence-electron chi connectivity index (χ0n) is 9.64. The minimum Gasteiger partial charge on any atom is -0.396 e. The number of aryl methyl sites for hydroxylation is 2. The van der Waals surface area contributed by atoms with Crippen molar-refractivity contribution in [3.05, 3.63) is 35.9 Å². The zero-order valence-corrected chi connectivity index (χ0v) is 9.64. The monoisotopic (exact) mass is 231 g/mol. The molecule has 0 spiro atoms. The number of hydrogen-bond acceptors (Lipinski definition) is 4. The van der Waals surface area contributed by atoms with E-state index in [1.165, 1.54) is 10.9 Å². The minimum atomic E-state index is -0.284. The molecule has 6 heteroatoms. The summed E-state index contributed by atoms with van der Waals surface area (Å²) < 4.78 is 1.44. The van der Waals surface area contributed by atoms with Crippen LogP contribution in [0, 0.1) is 6.92 Å². The number of aromatic nitrogens is 3. The summed E-state index contributed by atoms with van der Waals surface area (Å²) in [6.07, 6.45) is 3.09. The quantitative estimate of drug-likeness (QED) is 0.806. The maximum Gasteiger partial charge on any atom is 0.276 e. The summed E-state index contributed by atoms with van der Waals surface area (Å²) in [5.74, 6) is -0.284. The van der Waals surface area contributed by atoms with Gasteiger partial charge in [-0.3, -0.25) is 14.5 Å². The summed E-state index contributed by atoms with van der Waals surface area (Å²) in [6.45, 7) is 1.86. The predicted molar refractivity (Wildman–Crippen MR) is 64.5 cm³/mol. The normalized spacial score (nSPS) is 10.2. The molecule has 0 saturated carbocycles. The Morgan fingerprint density at radius 3 is 2.88 bits per heavy atom. The molecule has 0 aliphatic heterocycles. The lowest BCUT2D eigenvalue weighted by atomic mass is 10.3. The van der Waals surface area contributed by atoms with Crippen LogP contribution in [0.5, 0.6) is 0 Å². The molecule has 2 rings (SSSR count). The third kappa shape index (κ3) is 2.25. The van der Waals surface area contributed by atoms with Gasteiger partial charge in [-0.1, -0.05) is 0 Å². The Labute approximate surface area is 98.5 Å². The summed E-state index contributed by atoms with van der Waals surface area (Å²) in [7, 11) is 1.67. The van der Waals surface area contributed by atoms with Crippen LogP contribution in [0.2, 0.25) is 0 Å². The second-order valence-electron chi connectivity index (χ2n) is 3.71. The predicted octanol–water partition coefficient (Wildman–Crippen LogP) is 0.958. The highest BCUT2D eigenvalue weighted by molar-refractivity contribution is 6.06. The van der Waals surface area contributed by atoms with Crippen molar-refractivity contribution in [2.45, 2.75) is 6.92 Å². The average molecular weight is 231 g/mol. The minimum absolute atomic E-state index is 0.284. The van der Waals surface area contributed by atoms with Gasteiger partial charge in [0.25, 0.3) is 5.91 Å². The van der Waals surface area contributed by atoms with E-state index in [0.717, 1.165) is 5.69 Å². The lowest BCUT2D eigenvalue weighted by Gasteiger charge is -2.06. The molecular formula is C11H13N5O. The van der Waals surface area contributed by atoms with Crippen LogP contribution in [-0.4, -0.2) is 20.7 Å². The Hall–Kier alpha value is -2.37. The molecule has 0 aromatic carbocycles. The van der Waals surface area contributed by atoms with Gasteiger partial charge in [0.2, 0.25) is 0 Å². The number of nitrogen functional groups attached to an aromatic ring is 1. The van der Waals surface area contributed by atoms with E-state index in [9.17, 15) is 4.79 Å². The van der Waals surface area contributed by atoms with E-state index in [1.807, 2.05) is 6.92 Å². The standard InChI is InChI=1S/C11H13N5O/c1-7-5-8(3-4-13-7)15-11(17)10-9(12)6-14-16(10)2/h3-6H,12H2,1-2H3,(H,13,15,17). The van der Waals surface area contributed by atoms with E-state index in [1.54, 1.807) is 25.4 Å². The van der Waals surface area contributed by atoms with Crippen LogP contribution in [0.4, 0.5) is 11.4 Å². The molecule has 1 amide bonds. The number of carbonyl (C=O) groups is 1. The van der Waals surface area contributed by atoms with Crippen LogP contribution in [0.15, 0.2) is 24.5 Å². The summed E-state index contributed by atoms with van der Waals surface area (Å²) in [5, 5.41) is 6.66. The maximum absolute atomic E-state index is 12.0. The molecule has 0 atom stereocenters. The molecule has 0 saturated heterocycles. The highest BCUT2D eigenvalue weighted by Gasteiger charge is 2.14. The van der Waals surface area contributed by atoms with Gasteiger partial charge >= 0.3 is 0 Å². The van der Waals surface area contributed by atoms with Crippen LogP contribution in [-0.2, 0) is 7.05 Å². The first-order chi connectivity index (χ1) is 8.08. The fourth-order valence-electron chi connectivity index (χ4n) is 1.55. The van der Waals surface area contributed by atoms with E-state index in [4.69, 9.17) is 5.73 Å². The van der Waals surface area contributed by atoms with Crippen LogP contribution in [0.3, 0.4) is 0 Å². The highest BCUT2D eigenvalue weighted by Crippen LogP contribution is 2.13. The first kappa shape index (κ1) is 11.1. The summed E-state index contributed by atoms with van der Waals surface area (Å²) >= 11 is 0. The van der Waals surface area contributed by atoms with E-state index < -0.39 is 0 Å². The van der Waals surface area contributed by atoms with Crippen LogP contribution in [0.1, 0.15) is 16.2 Å². The molecule has 0 radical (unpaired) electrons. The van der Waals surface area contributed by atoms with Crippen molar-refractivity contribution in [2.75, 3.05) is 11.1 Å². The van der Waals surface area contributed by atoms with E-state index >= 15 is 0 Å². The van der Waals surface area contributed by atoms with Gasteiger partial charge in [0.1, 0.15) is 5.69 Å². The number of pyridine rings is 1. The first-order valence-electron chi connectivity index (χ1n) is 5.09. The Balaban J connectivity index is 2.23. The maximum atomic E-state index is 12.0. The van der Waals surface area contributed by atoms with Crippen molar-refractivity contribution in [1.82, 2.24) is 14.8 Å². The molecule has 6 nitrogen and oxygen atoms in total. The molecule has 0 aliphatic carbocycles. The Morgan fingerprint density at radius 2 is 2.29 bits per heavy atom. The number of anilines is 2. The van der Waals surface area contributed by atoms with E-state index in [0.29, 0.717) is 17.1 Å². The molecule has 0 bridgehead atoms. The SMILES string of the molecule is Cc1cc(NC(=O)c2c(N)cnn2C)ccn1. The van der Waals surface area contributed by atoms with Crippen molar-refractivity contribution in [3.8, 4) is 0 Å². The number of hydrogen-bond donors (Lipinski definition) is 2. The van der Waals surface area contributed by atoms with Crippen molar-refractivity contribution in [3.63, 3.8) is 0 Å². The van der Waals surface area contributed by atoms with Crippen LogP contribution >= 0.6 is 0 Å². The molecule has 3 N–H and O–H groups in total. The van der Waals surface area contributed by atoms with Crippen LogP contribution in [0.25, 0.3) is 0 Å². The van der Waals surface area contributed by atoms with Gasteiger partial charge in [0.15, 0.2) is 0 Å². The highest BCUT2D eigenvalue weighted by atomic mass is 16.2. The Kier molecular flexibility index (Phi) is 2.78. The summed E-state index contributed by atoms with van der Waals surface area (Å²) in [4.78, 5) is 16.0. The lowest BCUT2D eigenvalue weighted by Crippen LogP contribution is -2.17. The second-order valence-corrected chi connectivity index (χ2v) is 3.71. The number of nitrogens with zero attached hydrogens (tertiary/aromatic N) is 3. The molecule has 0 unspecified atom stereocenters. The second kappa shape index (κ2) is 4.25. The van der Waals surface area contributed by atoms with Gasteiger partial charge in [-0.2, -0.15) is 5.10 Å². The van der Waals surface area contributed by atoms with Gasteiger partial charge < -0.3 is 11.1 Å². The third-order valence-electron chi connectivity index (χ3n) is 2.34. The van der Waals surface area contributed by atoms with Gasteiger partial charge in [-0.05, 0) is 19.1 Å². The molecule has 0 aliphatic rings. The Bertz CT molecular complexity index is 541. The topological polar surface area (TPSA) is 85.8 Å². The van der Waals surface area contributed by atoms with Crippen molar-refractivity contribution in [2.24, 2.45) is 7.05 Å². The van der Waals surface area contributed by atoms with Crippen molar-refractivity contribution < 1.29 is 4.79 Å². The smallest absolute Gasteiger partial charge is 0.276 e. The number of amides is 1. The average Bonchev–Trinajstić information content (AvgIpc) is 2.58. The van der Waals surface area contributed by atoms with E-state index in [-0.39, 0.29) is 5.91 Å². The summed E-state index contributed by atoms with van der Waals surface area (Å²) in [5.41, 5.74) is 7.89. The lowest BCUT2D eigenvalue weighted by molar-refractivity contribution is 0.101. The molecule has 0 fully saturated rings. The molecule has 17 heavy (non-hydrogen) atoms. The number of nitrogens with one attached hydrogen (secondary N) is 1. The fourth-order valence-corrected chi connectivity index (χ4v) is 1.55. The molecule has 88 valence electrons. The van der Waals surface area contributed by atoms with Gasteiger partial charge in [-0.15, -0.1) is 0 Å². The molecular weight excluding hydrogens is 218 g/mol. The van der Waals surface area contributed by atoms with Gasteiger partial charge in [0, 0.05) is 24.6 Å². The zero-order chi connectivity index (χ0) is 12.4. The van der Waals surface area contributed by atoms with Crippen molar-refractivity contribution >= 4 is 17.3 Å². The van der Waals surface area contributed by atoms with Gasteiger partial charge in [-0.25, -0.2) is 0 Å². The third-order valence-corrected chi connectivity index (χ3v) is 2.34. The fraction of sp³-hybridized carbons (Fsp3) is 0.182. The number of rotatable bonds is 2. The molecule has 2 aromatic rings. The largest absolute Gasteiger partial charge is 0.396 e. The number of nitrogens with two attached hydrogens (primary N) is 1. The van der Waals surface area contributed by atoms with Crippen LogP contribution < -0.4 is 11.1 Å². The Morgan fingerprint density at radius 1 is 1.53 bits per heavy atom.